The van der Waals surface area contributed by atoms with E-state index >= 15 is 0 Å². The summed E-state index contributed by atoms with van der Waals surface area (Å²) in [5, 5.41) is 2.71. The minimum absolute atomic E-state index is 0.0359. The lowest BCUT2D eigenvalue weighted by atomic mass is 9.79. The predicted octanol–water partition coefficient (Wildman–Crippen LogP) is 1.39. The summed E-state index contributed by atoms with van der Waals surface area (Å²) in [6.07, 6.45) is 1.60. The van der Waals surface area contributed by atoms with Gasteiger partial charge in [-0.25, -0.2) is 21.6 Å². The minimum Gasteiger partial charge on any atom is -0.356 e. The number of sulfonamides is 1. The molecule has 0 bridgehead atoms. The van der Waals surface area contributed by atoms with E-state index in [1.807, 2.05) is 0 Å². The van der Waals surface area contributed by atoms with Crippen molar-refractivity contribution in [2.75, 3.05) is 19.6 Å². The van der Waals surface area contributed by atoms with Crippen LogP contribution in [-0.4, -0.2) is 38.3 Å². The number of amides is 1. The van der Waals surface area contributed by atoms with Gasteiger partial charge < -0.3 is 5.32 Å². The van der Waals surface area contributed by atoms with E-state index in [1.54, 1.807) is 0 Å². The second kappa shape index (κ2) is 5.48. The van der Waals surface area contributed by atoms with Crippen LogP contribution in [0.2, 0.25) is 0 Å². The van der Waals surface area contributed by atoms with Gasteiger partial charge in [0.15, 0.2) is 11.6 Å². The Labute approximate surface area is 131 Å². The molecule has 3 rings (SSSR count). The van der Waals surface area contributed by atoms with Gasteiger partial charge in [0, 0.05) is 25.7 Å². The number of carbonyl (C=O) groups is 1. The topological polar surface area (TPSA) is 66.5 Å². The summed E-state index contributed by atoms with van der Waals surface area (Å²) in [5.74, 6) is -4.45. The normalized spacial score (nSPS) is 25.8. The highest BCUT2D eigenvalue weighted by molar-refractivity contribution is 7.89. The first-order chi connectivity index (χ1) is 10.8. The quantitative estimate of drug-likeness (QED) is 0.822. The fraction of sp³-hybridized carbons (Fsp3) is 0.500. The highest BCUT2D eigenvalue weighted by atomic mass is 32.2. The van der Waals surface area contributed by atoms with Crippen LogP contribution in [0, 0.1) is 22.9 Å². The number of piperidine rings is 1. The van der Waals surface area contributed by atoms with E-state index < -0.39 is 37.8 Å². The number of hydrogen-bond acceptors (Lipinski definition) is 3. The lowest BCUT2D eigenvalue weighted by Crippen LogP contribution is -2.47. The molecule has 2 heterocycles. The van der Waals surface area contributed by atoms with Crippen molar-refractivity contribution in [1.82, 2.24) is 9.62 Å². The second-order valence-corrected chi connectivity index (χ2v) is 7.83. The molecule has 23 heavy (non-hydrogen) atoms. The van der Waals surface area contributed by atoms with Crippen molar-refractivity contribution in [3.63, 3.8) is 0 Å². The summed E-state index contributed by atoms with van der Waals surface area (Å²) in [4.78, 5) is 11.2. The molecule has 5 nitrogen and oxygen atoms in total. The van der Waals surface area contributed by atoms with Crippen molar-refractivity contribution in [2.24, 2.45) is 5.41 Å². The van der Waals surface area contributed by atoms with E-state index in [0.717, 1.165) is 10.7 Å². The van der Waals surface area contributed by atoms with E-state index in [9.17, 15) is 26.4 Å². The molecule has 9 heteroatoms. The third-order valence-corrected chi connectivity index (χ3v) is 6.37. The van der Waals surface area contributed by atoms with Gasteiger partial charge in [0.25, 0.3) is 0 Å². The molecule has 2 saturated heterocycles. The second-order valence-electron chi connectivity index (χ2n) is 5.93. The first kappa shape index (κ1) is 16.3. The fourth-order valence-corrected chi connectivity index (χ4v) is 4.78. The predicted molar refractivity (Wildman–Crippen MR) is 74.4 cm³/mol. The van der Waals surface area contributed by atoms with Crippen LogP contribution < -0.4 is 5.32 Å². The smallest absolute Gasteiger partial charge is 0.246 e. The molecule has 0 unspecified atom stereocenters. The lowest BCUT2D eigenvalue weighted by molar-refractivity contribution is -0.132. The van der Waals surface area contributed by atoms with E-state index in [1.165, 1.54) is 0 Å². The summed E-state index contributed by atoms with van der Waals surface area (Å²) < 4.78 is 66.1. The van der Waals surface area contributed by atoms with Gasteiger partial charge in [-0.15, -0.1) is 0 Å². The number of rotatable bonds is 2. The average molecular weight is 348 g/mol. The number of hydrogen-bond donors (Lipinski definition) is 1. The Morgan fingerprint density at radius 3 is 2.48 bits per heavy atom. The zero-order valence-corrected chi connectivity index (χ0v) is 12.9. The van der Waals surface area contributed by atoms with Gasteiger partial charge in [0.1, 0.15) is 10.7 Å². The van der Waals surface area contributed by atoms with Crippen LogP contribution in [-0.2, 0) is 14.8 Å². The molecule has 2 aliphatic heterocycles. The van der Waals surface area contributed by atoms with Crippen LogP contribution in [0.5, 0.6) is 0 Å². The van der Waals surface area contributed by atoms with Gasteiger partial charge in [-0.05, 0) is 25.3 Å². The van der Waals surface area contributed by atoms with Crippen LogP contribution >= 0.6 is 0 Å². The van der Waals surface area contributed by atoms with Gasteiger partial charge in [-0.3, -0.25) is 4.79 Å². The number of nitrogens with zero attached hydrogens (tertiary/aromatic N) is 1. The van der Waals surface area contributed by atoms with Crippen molar-refractivity contribution in [3.8, 4) is 0 Å². The van der Waals surface area contributed by atoms with Crippen molar-refractivity contribution in [3.05, 3.63) is 29.6 Å². The first-order valence-electron chi connectivity index (χ1n) is 7.19. The van der Waals surface area contributed by atoms with Crippen molar-refractivity contribution >= 4 is 15.9 Å². The molecule has 2 fully saturated rings. The number of halogens is 3. The van der Waals surface area contributed by atoms with Crippen LogP contribution in [0.25, 0.3) is 0 Å². The Bertz CT molecular complexity index is 769. The molecular weight excluding hydrogens is 333 g/mol. The maximum atomic E-state index is 13.8. The maximum Gasteiger partial charge on any atom is 0.246 e. The molecule has 0 saturated carbocycles. The van der Waals surface area contributed by atoms with Crippen LogP contribution in [0.15, 0.2) is 17.0 Å². The summed E-state index contributed by atoms with van der Waals surface area (Å²) >= 11 is 0. The fourth-order valence-electron chi connectivity index (χ4n) is 3.20. The van der Waals surface area contributed by atoms with Crippen molar-refractivity contribution in [1.29, 1.82) is 0 Å². The molecule has 1 amide bonds. The van der Waals surface area contributed by atoms with E-state index in [2.05, 4.69) is 5.32 Å². The summed E-state index contributed by atoms with van der Waals surface area (Å²) in [6.45, 7) is 0.499. The molecule has 1 aromatic carbocycles. The molecular formula is C14H15F3N2O3S. The molecule has 0 aliphatic carbocycles. The Morgan fingerprint density at radius 2 is 1.78 bits per heavy atom. The van der Waals surface area contributed by atoms with Gasteiger partial charge in [-0.2, -0.15) is 4.31 Å². The molecule has 1 spiro atoms. The maximum absolute atomic E-state index is 13.8. The Hall–Kier alpha value is -1.61. The van der Waals surface area contributed by atoms with Gasteiger partial charge in [-0.1, -0.05) is 0 Å². The molecule has 0 radical (unpaired) electrons. The zero-order valence-electron chi connectivity index (χ0n) is 12.1. The first-order valence-corrected chi connectivity index (χ1v) is 8.63. The van der Waals surface area contributed by atoms with Crippen LogP contribution in [0.4, 0.5) is 13.2 Å². The summed E-state index contributed by atoms with van der Waals surface area (Å²) in [7, 11) is -4.34. The largest absolute Gasteiger partial charge is 0.356 e. The summed E-state index contributed by atoms with van der Waals surface area (Å²) in [5.41, 5.74) is -0.819. The highest BCUT2D eigenvalue weighted by Crippen LogP contribution is 2.39. The third kappa shape index (κ3) is 2.61. The Balaban J connectivity index is 1.93. The van der Waals surface area contributed by atoms with E-state index in [4.69, 9.17) is 0 Å². The average Bonchev–Trinajstić information content (AvgIpc) is 2.92. The van der Waals surface area contributed by atoms with E-state index in [-0.39, 0.29) is 25.1 Å². The molecule has 1 atom stereocenters. The number of nitrogens with one attached hydrogen (secondary N) is 1. The summed E-state index contributed by atoms with van der Waals surface area (Å²) in [6, 6.07) is 0.549. The van der Waals surface area contributed by atoms with Crippen molar-refractivity contribution < 1.29 is 26.4 Å². The van der Waals surface area contributed by atoms with Gasteiger partial charge >= 0.3 is 0 Å². The Kier molecular flexibility index (Phi) is 3.88. The molecule has 0 aromatic heterocycles. The van der Waals surface area contributed by atoms with E-state index in [0.29, 0.717) is 25.5 Å². The zero-order chi connectivity index (χ0) is 16.8. The third-order valence-electron chi connectivity index (χ3n) is 4.51. The highest BCUT2D eigenvalue weighted by Gasteiger charge is 2.49. The standard InChI is InChI=1S/C14H15F3N2O3S/c15-9-6-11(17)12(7-10(9)16)23(21,22)19-5-3-14(8-19)2-1-4-18-13(14)20/h6-7H,1-5,8H2,(H,18,20)/t14-/m0/s1. The molecule has 126 valence electrons. The molecule has 1 N–H and O–H groups in total. The SMILES string of the molecule is O=C1NCCC[C@@]12CCN(S(=O)(=O)c1cc(F)c(F)cc1F)C2. The Morgan fingerprint density at radius 1 is 1.09 bits per heavy atom. The molecule has 1 aromatic rings. The molecule has 2 aliphatic rings. The van der Waals surface area contributed by atoms with Gasteiger partial charge in [0.2, 0.25) is 15.9 Å². The van der Waals surface area contributed by atoms with Crippen LogP contribution in [0.1, 0.15) is 19.3 Å². The number of carbonyl (C=O) groups excluding carboxylic acids is 1. The van der Waals surface area contributed by atoms with Crippen LogP contribution in [0.3, 0.4) is 0 Å². The monoisotopic (exact) mass is 348 g/mol. The van der Waals surface area contributed by atoms with Gasteiger partial charge in [0.05, 0.1) is 5.41 Å². The van der Waals surface area contributed by atoms with Crippen molar-refractivity contribution in [2.45, 2.75) is 24.2 Å². The minimum atomic E-state index is -4.34. The number of benzene rings is 1. The lowest BCUT2D eigenvalue weighted by Gasteiger charge is -2.32.